The zero-order chi connectivity index (χ0) is 13.6. The third kappa shape index (κ3) is 4.74. The van der Waals surface area contributed by atoms with E-state index in [0.717, 1.165) is 31.7 Å². The fraction of sp³-hybridized carbons (Fsp3) is 0.846. The molecule has 1 aromatic heterocycles. The van der Waals surface area contributed by atoms with Crippen molar-refractivity contribution in [1.29, 1.82) is 0 Å². The highest BCUT2D eigenvalue weighted by atomic mass is 16.5. The molecule has 0 aliphatic carbocycles. The van der Waals surface area contributed by atoms with Crippen molar-refractivity contribution in [3.05, 3.63) is 11.9 Å². The standard InChI is InChI=1S/C13H26N4O/c1-6-7-11(10-18-5)14-8-12-9-17(16-15-12)13(2,3)4/h9,11,14H,6-8,10H2,1-5H3. The van der Waals surface area contributed by atoms with Crippen LogP contribution in [0.5, 0.6) is 0 Å². The summed E-state index contributed by atoms with van der Waals surface area (Å²) >= 11 is 0. The van der Waals surface area contributed by atoms with E-state index in [1.807, 2.05) is 10.9 Å². The van der Waals surface area contributed by atoms with Crippen molar-refractivity contribution < 1.29 is 4.74 Å². The molecule has 104 valence electrons. The summed E-state index contributed by atoms with van der Waals surface area (Å²) in [6, 6.07) is 0.389. The van der Waals surface area contributed by atoms with E-state index in [0.29, 0.717) is 6.04 Å². The maximum Gasteiger partial charge on any atom is 0.0965 e. The first kappa shape index (κ1) is 15.1. The van der Waals surface area contributed by atoms with E-state index >= 15 is 0 Å². The third-order valence-corrected chi connectivity index (χ3v) is 2.80. The third-order valence-electron chi connectivity index (χ3n) is 2.80. The summed E-state index contributed by atoms with van der Waals surface area (Å²) in [7, 11) is 1.74. The molecule has 5 heteroatoms. The van der Waals surface area contributed by atoms with Crippen LogP contribution in [-0.2, 0) is 16.8 Å². The molecule has 1 aromatic rings. The number of hydrogen-bond acceptors (Lipinski definition) is 4. The summed E-state index contributed by atoms with van der Waals surface area (Å²) < 4.78 is 7.10. The van der Waals surface area contributed by atoms with Crippen LogP contribution in [0, 0.1) is 0 Å². The van der Waals surface area contributed by atoms with Gasteiger partial charge in [0.05, 0.1) is 24.0 Å². The minimum Gasteiger partial charge on any atom is -0.383 e. The van der Waals surface area contributed by atoms with Gasteiger partial charge in [0.15, 0.2) is 0 Å². The van der Waals surface area contributed by atoms with Crippen molar-refractivity contribution in [2.75, 3.05) is 13.7 Å². The van der Waals surface area contributed by atoms with Gasteiger partial charge in [0, 0.05) is 19.7 Å². The summed E-state index contributed by atoms with van der Waals surface area (Å²) in [5.41, 5.74) is 0.961. The first-order chi connectivity index (χ1) is 8.47. The highest BCUT2D eigenvalue weighted by molar-refractivity contribution is 4.94. The number of hydrogen-bond donors (Lipinski definition) is 1. The summed E-state index contributed by atoms with van der Waals surface area (Å²) in [4.78, 5) is 0. The average molecular weight is 254 g/mol. The van der Waals surface area contributed by atoms with Crippen LogP contribution in [0.25, 0.3) is 0 Å². The molecular formula is C13H26N4O. The highest BCUT2D eigenvalue weighted by Gasteiger charge is 2.15. The van der Waals surface area contributed by atoms with Crippen molar-refractivity contribution in [3.8, 4) is 0 Å². The zero-order valence-corrected chi connectivity index (χ0v) is 12.2. The minimum absolute atomic E-state index is 0.0133. The first-order valence-electron chi connectivity index (χ1n) is 6.61. The second kappa shape index (κ2) is 6.85. The monoisotopic (exact) mass is 254 g/mol. The Morgan fingerprint density at radius 3 is 2.67 bits per heavy atom. The topological polar surface area (TPSA) is 52.0 Å². The van der Waals surface area contributed by atoms with Crippen LogP contribution in [0.3, 0.4) is 0 Å². The fourth-order valence-corrected chi connectivity index (χ4v) is 1.75. The molecule has 0 radical (unpaired) electrons. The number of nitrogens with one attached hydrogen (secondary N) is 1. The van der Waals surface area contributed by atoms with Crippen molar-refractivity contribution in [1.82, 2.24) is 20.3 Å². The smallest absolute Gasteiger partial charge is 0.0965 e. The van der Waals surface area contributed by atoms with Gasteiger partial charge in [0.1, 0.15) is 0 Å². The molecule has 0 aliphatic heterocycles. The summed E-state index contributed by atoms with van der Waals surface area (Å²) in [5, 5.41) is 11.8. The lowest BCUT2D eigenvalue weighted by molar-refractivity contribution is 0.161. The molecule has 18 heavy (non-hydrogen) atoms. The molecule has 0 fully saturated rings. The van der Waals surface area contributed by atoms with Crippen molar-refractivity contribution in [2.24, 2.45) is 0 Å². The van der Waals surface area contributed by atoms with Gasteiger partial charge >= 0.3 is 0 Å². The van der Waals surface area contributed by atoms with Crippen LogP contribution in [0.15, 0.2) is 6.20 Å². The second-order valence-electron chi connectivity index (χ2n) is 5.65. The second-order valence-corrected chi connectivity index (χ2v) is 5.65. The molecule has 0 saturated carbocycles. The number of ether oxygens (including phenoxy) is 1. The molecule has 0 aromatic carbocycles. The lowest BCUT2D eigenvalue weighted by atomic mass is 10.1. The van der Waals surface area contributed by atoms with Crippen LogP contribution >= 0.6 is 0 Å². The van der Waals surface area contributed by atoms with Crippen LogP contribution in [-0.4, -0.2) is 34.8 Å². The van der Waals surface area contributed by atoms with Crippen LogP contribution < -0.4 is 5.32 Å². The molecule has 1 N–H and O–H groups in total. The summed E-state index contributed by atoms with van der Waals surface area (Å²) in [6.45, 7) is 10.0. The van der Waals surface area contributed by atoms with Crippen LogP contribution in [0.2, 0.25) is 0 Å². The number of aromatic nitrogens is 3. The van der Waals surface area contributed by atoms with Gasteiger partial charge in [0.25, 0.3) is 0 Å². The van der Waals surface area contributed by atoms with E-state index < -0.39 is 0 Å². The molecule has 5 nitrogen and oxygen atoms in total. The summed E-state index contributed by atoms with van der Waals surface area (Å²) in [5.74, 6) is 0. The average Bonchev–Trinajstić information content (AvgIpc) is 2.75. The molecule has 1 atom stereocenters. The van der Waals surface area contributed by atoms with E-state index in [4.69, 9.17) is 4.74 Å². The molecule has 1 rings (SSSR count). The predicted molar refractivity (Wildman–Crippen MR) is 72.4 cm³/mol. The zero-order valence-electron chi connectivity index (χ0n) is 12.2. The molecule has 0 saturated heterocycles. The molecule has 0 spiro atoms. The van der Waals surface area contributed by atoms with E-state index in [1.165, 1.54) is 0 Å². The Hall–Kier alpha value is -0.940. The Labute approximate surface area is 110 Å². The minimum atomic E-state index is -0.0133. The van der Waals surface area contributed by atoms with E-state index in [1.54, 1.807) is 7.11 Å². The lowest BCUT2D eigenvalue weighted by Gasteiger charge is -2.18. The van der Waals surface area contributed by atoms with E-state index in [9.17, 15) is 0 Å². The number of methoxy groups -OCH3 is 1. The number of rotatable bonds is 7. The quantitative estimate of drug-likeness (QED) is 0.808. The Kier molecular flexibility index (Phi) is 5.75. The van der Waals surface area contributed by atoms with Gasteiger partial charge in [-0.05, 0) is 27.2 Å². The van der Waals surface area contributed by atoms with Gasteiger partial charge in [-0.2, -0.15) is 0 Å². The molecule has 0 bridgehead atoms. The molecule has 0 aliphatic rings. The first-order valence-corrected chi connectivity index (χ1v) is 6.61. The van der Waals surface area contributed by atoms with Gasteiger partial charge in [-0.1, -0.05) is 18.6 Å². The molecular weight excluding hydrogens is 228 g/mol. The Morgan fingerprint density at radius 2 is 2.17 bits per heavy atom. The Morgan fingerprint density at radius 1 is 1.44 bits per heavy atom. The van der Waals surface area contributed by atoms with E-state index in [-0.39, 0.29) is 5.54 Å². The van der Waals surface area contributed by atoms with Crippen molar-refractivity contribution in [3.63, 3.8) is 0 Å². The Balaban J connectivity index is 2.49. The molecule has 1 heterocycles. The van der Waals surface area contributed by atoms with Gasteiger partial charge in [-0.3, -0.25) is 0 Å². The SMILES string of the molecule is CCCC(COC)NCc1cn(C(C)(C)C)nn1. The van der Waals surface area contributed by atoms with Crippen LogP contribution in [0.1, 0.15) is 46.2 Å². The van der Waals surface area contributed by atoms with Gasteiger partial charge in [0.2, 0.25) is 0 Å². The largest absolute Gasteiger partial charge is 0.383 e. The van der Waals surface area contributed by atoms with Gasteiger partial charge < -0.3 is 10.1 Å². The van der Waals surface area contributed by atoms with Gasteiger partial charge in [-0.25, -0.2) is 4.68 Å². The van der Waals surface area contributed by atoms with Crippen molar-refractivity contribution in [2.45, 2.75) is 58.7 Å². The maximum absolute atomic E-state index is 5.20. The van der Waals surface area contributed by atoms with Crippen molar-refractivity contribution >= 4 is 0 Å². The highest BCUT2D eigenvalue weighted by Crippen LogP contribution is 2.11. The van der Waals surface area contributed by atoms with Gasteiger partial charge in [-0.15, -0.1) is 5.10 Å². The maximum atomic E-state index is 5.20. The Bertz CT molecular complexity index is 337. The number of nitrogens with zero attached hydrogens (tertiary/aromatic N) is 3. The fourth-order valence-electron chi connectivity index (χ4n) is 1.75. The normalized spacial score (nSPS) is 13.8. The van der Waals surface area contributed by atoms with E-state index in [2.05, 4.69) is 43.3 Å². The predicted octanol–water partition coefficient (Wildman–Crippen LogP) is 1.94. The molecule has 0 amide bonds. The summed E-state index contributed by atoms with van der Waals surface area (Å²) in [6.07, 6.45) is 4.26. The molecule has 1 unspecified atom stereocenters. The van der Waals surface area contributed by atoms with Crippen LogP contribution in [0.4, 0.5) is 0 Å². The lowest BCUT2D eigenvalue weighted by Crippen LogP contribution is -2.32.